The summed E-state index contributed by atoms with van der Waals surface area (Å²) in [7, 11) is 0. The Bertz CT molecular complexity index is 603. The second-order valence-corrected chi connectivity index (χ2v) is 5.50. The highest BCUT2D eigenvalue weighted by atomic mass is 19.2. The van der Waals surface area contributed by atoms with E-state index >= 15 is 0 Å². The van der Waals surface area contributed by atoms with Crippen molar-refractivity contribution in [3.8, 4) is 0 Å². The van der Waals surface area contributed by atoms with E-state index < -0.39 is 11.6 Å². The van der Waals surface area contributed by atoms with Crippen molar-refractivity contribution in [2.75, 3.05) is 5.32 Å². The van der Waals surface area contributed by atoms with Gasteiger partial charge >= 0.3 is 0 Å². The predicted molar refractivity (Wildman–Crippen MR) is 76.6 cm³/mol. The molecule has 1 fully saturated rings. The molecule has 2 aromatic rings. The van der Waals surface area contributed by atoms with Crippen LogP contribution in [0.3, 0.4) is 0 Å². The Morgan fingerprint density at radius 3 is 2.30 bits per heavy atom. The van der Waals surface area contributed by atoms with Crippen molar-refractivity contribution in [3.63, 3.8) is 0 Å². The lowest BCUT2D eigenvalue weighted by Crippen LogP contribution is -2.13. The molecule has 1 atom stereocenters. The number of benzene rings is 2. The SMILES string of the molecule is Cc1ccc(C(Nc2ccc(F)c(F)c2)C2CC2)cc1. The van der Waals surface area contributed by atoms with Crippen molar-refractivity contribution >= 4 is 5.69 Å². The molecule has 3 rings (SSSR count). The highest BCUT2D eigenvalue weighted by Gasteiger charge is 2.32. The van der Waals surface area contributed by atoms with Crippen LogP contribution in [0.1, 0.15) is 30.0 Å². The molecule has 1 nitrogen and oxygen atoms in total. The molecule has 0 spiro atoms. The van der Waals surface area contributed by atoms with Gasteiger partial charge in [0.25, 0.3) is 0 Å². The molecule has 2 aromatic carbocycles. The molecule has 104 valence electrons. The normalized spacial score (nSPS) is 15.9. The fourth-order valence-electron chi connectivity index (χ4n) is 2.44. The average molecular weight is 273 g/mol. The van der Waals surface area contributed by atoms with E-state index in [0.717, 1.165) is 6.07 Å². The first-order valence-corrected chi connectivity index (χ1v) is 6.91. The van der Waals surface area contributed by atoms with Crippen LogP contribution in [0.4, 0.5) is 14.5 Å². The average Bonchev–Trinajstić information content (AvgIpc) is 3.26. The van der Waals surface area contributed by atoms with Gasteiger partial charge in [-0.3, -0.25) is 0 Å². The molecule has 0 saturated heterocycles. The Balaban J connectivity index is 1.84. The van der Waals surface area contributed by atoms with E-state index in [-0.39, 0.29) is 6.04 Å². The van der Waals surface area contributed by atoms with E-state index in [2.05, 4.69) is 36.5 Å². The molecule has 0 radical (unpaired) electrons. The summed E-state index contributed by atoms with van der Waals surface area (Å²) in [5, 5.41) is 3.34. The maximum absolute atomic E-state index is 13.3. The minimum atomic E-state index is -0.812. The molecule has 1 aliphatic rings. The zero-order chi connectivity index (χ0) is 14.1. The molecule has 0 heterocycles. The fourth-order valence-corrected chi connectivity index (χ4v) is 2.44. The summed E-state index contributed by atoms with van der Waals surface area (Å²) in [5.41, 5.74) is 3.04. The Morgan fingerprint density at radius 1 is 1.00 bits per heavy atom. The van der Waals surface area contributed by atoms with Gasteiger partial charge in [-0.15, -0.1) is 0 Å². The van der Waals surface area contributed by atoms with Gasteiger partial charge in [-0.05, 0) is 43.4 Å². The van der Waals surface area contributed by atoms with E-state index in [0.29, 0.717) is 11.6 Å². The fraction of sp³-hybridized carbons (Fsp3) is 0.294. The molecule has 0 aromatic heterocycles. The highest BCUT2D eigenvalue weighted by molar-refractivity contribution is 5.46. The topological polar surface area (TPSA) is 12.0 Å². The van der Waals surface area contributed by atoms with Crippen LogP contribution in [0.5, 0.6) is 0 Å². The lowest BCUT2D eigenvalue weighted by molar-refractivity contribution is 0.508. The van der Waals surface area contributed by atoms with Gasteiger partial charge in [0.1, 0.15) is 0 Å². The van der Waals surface area contributed by atoms with Crippen molar-refractivity contribution in [1.29, 1.82) is 0 Å². The van der Waals surface area contributed by atoms with Gasteiger partial charge in [0, 0.05) is 11.8 Å². The van der Waals surface area contributed by atoms with E-state index in [1.54, 1.807) is 6.07 Å². The van der Waals surface area contributed by atoms with Gasteiger partial charge in [-0.1, -0.05) is 29.8 Å². The van der Waals surface area contributed by atoms with Crippen LogP contribution < -0.4 is 5.32 Å². The van der Waals surface area contributed by atoms with Crippen LogP contribution in [0.15, 0.2) is 42.5 Å². The lowest BCUT2D eigenvalue weighted by Gasteiger charge is -2.20. The minimum absolute atomic E-state index is 0.167. The van der Waals surface area contributed by atoms with Crippen LogP contribution in [0.2, 0.25) is 0 Å². The van der Waals surface area contributed by atoms with Crippen molar-refractivity contribution < 1.29 is 8.78 Å². The summed E-state index contributed by atoms with van der Waals surface area (Å²) in [6.45, 7) is 2.05. The van der Waals surface area contributed by atoms with Gasteiger partial charge in [-0.25, -0.2) is 8.78 Å². The van der Waals surface area contributed by atoms with Crippen LogP contribution in [0, 0.1) is 24.5 Å². The molecule has 1 aliphatic carbocycles. The summed E-state index contributed by atoms with van der Waals surface area (Å²) in [4.78, 5) is 0. The molecule has 20 heavy (non-hydrogen) atoms. The van der Waals surface area contributed by atoms with Crippen molar-refractivity contribution in [2.45, 2.75) is 25.8 Å². The van der Waals surface area contributed by atoms with Crippen LogP contribution in [0.25, 0.3) is 0 Å². The number of anilines is 1. The third kappa shape index (κ3) is 2.82. The van der Waals surface area contributed by atoms with Crippen molar-refractivity contribution in [3.05, 3.63) is 65.2 Å². The molecule has 0 aliphatic heterocycles. The van der Waals surface area contributed by atoms with Gasteiger partial charge < -0.3 is 5.32 Å². The summed E-state index contributed by atoms with van der Waals surface area (Å²) in [6.07, 6.45) is 2.35. The number of hydrogen-bond acceptors (Lipinski definition) is 1. The first-order valence-electron chi connectivity index (χ1n) is 6.91. The summed E-state index contributed by atoms with van der Waals surface area (Å²) in [5.74, 6) is -1.05. The molecule has 0 amide bonds. The molecule has 1 unspecified atom stereocenters. The number of halogens is 2. The van der Waals surface area contributed by atoms with E-state index in [1.807, 2.05) is 0 Å². The molecule has 1 N–H and O–H groups in total. The number of aryl methyl sites for hydroxylation is 1. The quantitative estimate of drug-likeness (QED) is 0.840. The van der Waals surface area contributed by atoms with Crippen molar-refractivity contribution in [2.24, 2.45) is 5.92 Å². The lowest BCUT2D eigenvalue weighted by atomic mass is 10.0. The van der Waals surface area contributed by atoms with Gasteiger partial charge in [0.15, 0.2) is 11.6 Å². The van der Waals surface area contributed by atoms with Crippen molar-refractivity contribution in [1.82, 2.24) is 0 Å². The largest absolute Gasteiger partial charge is 0.378 e. The monoisotopic (exact) mass is 273 g/mol. The summed E-state index contributed by atoms with van der Waals surface area (Å²) < 4.78 is 26.3. The Labute approximate surface area is 117 Å². The van der Waals surface area contributed by atoms with Crippen LogP contribution >= 0.6 is 0 Å². The number of hydrogen-bond donors (Lipinski definition) is 1. The second-order valence-electron chi connectivity index (χ2n) is 5.50. The third-order valence-electron chi connectivity index (χ3n) is 3.77. The van der Waals surface area contributed by atoms with Gasteiger partial charge in [0.05, 0.1) is 6.04 Å². The zero-order valence-corrected chi connectivity index (χ0v) is 11.4. The van der Waals surface area contributed by atoms with Gasteiger partial charge in [-0.2, -0.15) is 0 Å². The minimum Gasteiger partial charge on any atom is -0.378 e. The number of rotatable bonds is 4. The Kier molecular flexibility index (Phi) is 3.43. The van der Waals surface area contributed by atoms with E-state index in [9.17, 15) is 8.78 Å². The Morgan fingerprint density at radius 2 is 1.70 bits per heavy atom. The van der Waals surface area contributed by atoms with Gasteiger partial charge in [0.2, 0.25) is 0 Å². The smallest absolute Gasteiger partial charge is 0.160 e. The molecular formula is C17H17F2N. The second kappa shape index (κ2) is 5.23. The van der Waals surface area contributed by atoms with Crippen LogP contribution in [-0.2, 0) is 0 Å². The van der Waals surface area contributed by atoms with E-state index in [1.165, 1.54) is 30.0 Å². The molecule has 1 saturated carbocycles. The predicted octanol–water partition coefficient (Wildman–Crippen LogP) is 4.84. The Hall–Kier alpha value is -1.90. The van der Waals surface area contributed by atoms with Crippen LogP contribution in [-0.4, -0.2) is 0 Å². The zero-order valence-electron chi connectivity index (χ0n) is 11.4. The van der Waals surface area contributed by atoms with E-state index in [4.69, 9.17) is 0 Å². The maximum atomic E-state index is 13.3. The first kappa shape index (κ1) is 13.1. The highest BCUT2D eigenvalue weighted by Crippen LogP contribution is 2.43. The first-order chi connectivity index (χ1) is 9.63. The molecule has 3 heteroatoms. The maximum Gasteiger partial charge on any atom is 0.160 e. The summed E-state index contributed by atoms with van der Waals surface area (Å²) >= 11 is 0. The molecular weight excluding hydrogens is 256 g/mol. The molecule has 0 bridgehead atoms. The summed E-state index contributed by atoms with van der Waals surface area (Å²) in [6, 6.07) is 12.5. The number of nitrogens with one attached hydrogen (secondary N) is 1. The third-order valence-corrected chi connectivity index (χ3v) is 3.77. The standard InChI is InChI=1S/C17H17F2N/c1-11-2-4-12(5-3-11)17(13-6-7-13)20-14-8-9-15(18)16(19)10-14/h2-5,8-10,13,17,20H,6-7H2,1H3.